The first-order valence-corrected chi connectivity index (χ1v) is 10.5. The van der Waals surface area contributed by atoms with E-state index in [9.17, 15) is 9.59 Å². The molecule has 0 aliphatic heterocycles. The molecule has 3 aromatic rings. The number of ether oxygens (including phenoxy) is 1. The maximum atomic E-state index is 12.6. The van der Waals surface area contributed by atoms with Crippen molar-refractivity contribution in [2.45, 2.75) is 0 Å². The third-order valence-electron chi connectivity index (χ3n) is 3.64. The number of carbonyl (C=O) groups excluding carboxylic acids is 2. The molecule has 6 nitrogen and oxygen atoms in total. The van der Waals surface area contributed by atoms with Gasteiger partial charge in [-0.2, -0.15) is 5.10 Å². The second-order valence-corrected chi connectivity index (χ2v) is 8.23. The first-order valence-electron chi connectivity index (χ1n) is 8.15. The summed E-state index contributed by atoms with van der Waals surface area (Å²) in [6.07, 6.45) is 4.43. The van der Waals surface area contributed by atoms with E-state index in [2.05, 4.69) is 63.3 Å². The molecule has 1 heterocycles. The Labute approximate surface area is 191 Å². The number of amides is 1. The number of halogens is 3. The molecule has 0 aliphatic rings. The second kappa shape index (κ2) is 9.91. The Kier molecular flexibility index (Phi) is 7.29. The molecule has 0 saturated carbocycles. The molecule has 0 fully saturated rings. The van der Waals surface area contributed by atoms with Gasteiger partial charge < -0.3 is 4.74 Å². The van der Waals surface area contributed by atoms with Gasteiger partial charge in [-0.3, -0.25) is 9.78 Å². The standard InChI is InChI=1S/C20H12Br3N3O3/c21-14-9-13(11-25-26-19(27)12-5-7-24-8-6-12)18(17(23)10-14)29-20(28)15-3-1-2-4-16(15)22/h1-11H,(H,26,27)/b25-11-. The fraction of sp³-hybridized carbons (Fsp3) is 0. The zero-order valence-corrected chi connectivity index (χ0v) is 19.4. The Morgan fingerprint density at radius 3 is 2.45 bits per heavy atom. The van der Waals surface area contributed by atoms with E-state index in [0.717, 1.165) is 4.47 Å². The zero-order chi connectivity index (χ0) is 20.8. The van der Waals surface area contributed by atoms with E-state index in [0.29, 0.717) is 25.6 Å². The Bertz CT molecular complexity index is 1090. The van der Waals surface area contributed by atoms with Crippen LogP contribution in [0.4, 0.5) is 0 Å². The summed E-state index contributed by atoms with van der Waals surface area (Å²) in [5.41, 5.74) is 3.73. The normalized spacial score (nSPS) is 10.7. The van der Waals surface area contributed by atoms with Gasteiger partial charge in [0.2, 0.25) is 0 Å². The Hall–Kier alpha value is -2.36. The summed E-state index contributed by atoms with van der Waals surface area (Å²) in [7, 11) is 0. The van der Waals surface area contributed by atoms with E-state index < -0.39 is 5.97 Å². The predicted octanol–water partition coefficient (Wildman–Crippen LogP) is 5.35. The third kappa shape index (κ3) is 5.59. The predicted molar refractivity (Wildman–Crippen MR) is 120 cm³/mol. The molecule has 2 aromatic carbocycles. The van der Waals surface area contributed by atoms with Gasteiger partial charge in [0.1, 0.15) is 0 Å². The van der Waals surface area contributed by atoms with Crippen molar-refractivity contribution < 1.29 is 14.3 Å². The van der Waals surface area contributed by atoms with Crippen molar-refractivity contribution in [3.8, 4) is 5.75 Å². The van der Waals surface area contributed by atoms with Crippen LogP contribution in [0.15, 0.2) is 79.4 Å². The maximum absolute atomic E-state index is 12.6. The smallest absolute Gasteiger partial charge is 0.344 e. The quantitative estimate of drug-likeness (QED) is 0.191. The van der Waals surface area contributed by atoms with Gasteiger partial charge in [0.15, 0.2) is 5.75 Å². The van der Waals surface area contributed by atoms with Crippen molar-refractivity contribution in [3.63, 3.8) is 0 Å². The van der Waals surface area contributed by atoms with Gasteiger partial charge in [-0.1, -0.05) is 28.1 Å². The van der Waals surface area contributed by atoms with Crippen LogP contribution in [-0.4, -0.2) is 23.1 Å². The Morgan fingerprint density at radius 1 is 1.00 bits per heavy atom. The van der Waals surface area contributed by atoms with Crippen LogP contribution in [0.1, 0.15) is 26.3 Å². The lowest BCUT2D eigenvalue weighted by molar-refractivity contribution is 0.0732. The van der Waals surface area contributed by atoms with Crippen LogP contribution >= 0.6 is 47.8 Å². The lowest BCUT2D eigenvalue weighted by Gasteiger charge is -2.11. The fourth-order valence-corrected chi connectivity index (χ4v) is 4.07. The molecule has 0 spiro atoms. The van der Waals surface area contributed by atoms with Crippen molar-refractivity contribution in [3.05, 3.63) is 91.0 Å². The summed E-state index contributed by atoms with van der Waals surface area (Å²) >= 11 is 10.1. The van der Waals surface area contributed by atoms with Gasteiger partial charge in [0, 0.05) is 32.5 Å². The lowest BCUT2D eigenvalue weighted by atomic mass is 10.2. The van der Waals surface area contributed by atoms with Crippen molar-refractivity contribution >= 4 is 65.9 Å². The molecule has 1 N–H and O–H groups in total. The van der Waals surface area contributed by atoms with Crippen molar-refractivity contribution in [1.29, 1.82) is 0 Å². The number of nitrogens with zero attached hydrogens (tertiary/aromatic N) is 2. The number of aromatic nitrogens is 1. The molecule has 9 heteroatoms. The fourth-order valence-electron chi connectivity index (χ4n) is 2.29. The maximum Gasteiger partial charge on any atom is 0.344 e. The second-order valence-electron chi connectivity index (χ2n) is 5.61. The minimum absolute atomic E-state index is 0.274. The van der Waals surface area contributed by atoms with Crippen molar-refractivity contribution in [1.82, 2.24) is 10.4 Å². The highest BCUT2D eigenvalue weighted by Crippen LogP contribution is 2.33. The van der Waals surface area contributed by atoms with E-state index in [-0.39, 0.29) is 11.7 Å². The molecule has 0 atom stereocenters. The van der Waals surface area contributed by atoms with E-state index in [1.54, 1.807) is 48.5 Å². The van der Waals surface area contributed by atoms with E-state index in [1.165, 1.54) is 18.6 Å². The molecule has 0 radical (unpaired) electrons. The first-order chi connectivity index (χ1) is 14.0. The number of hydrazone groups is 1. The minimum atomic E-state index is -0.532. The number of carbonyl (C=O) groups is 2. The summed E-state index contributed by atoms with van der Waals surface area (Å²) in [5.74, 6) is -0.642. The van der Waals surface area contributed by atoms with Crippen LogP contribution in [0.3, 0.4) is 0 Å². The number of hydrogen-bond donors (Lipinski definition) is 1. The number of hydrogen-bond acceptors (Lipinski definition) is 5. The highest BCUT2D eigenvalue weighted by molar-refractivity contribution is 9.11. The molecule has 0 saturated heterocycles. The average molecular weight is 582 g/mol. The van der Waals surface area contributed by atoms with E-state index >= 15 is 0 Å². The highest BCUT2D eigenvalue weighted by atomic mass is 79.9. The molecule has 0 unspecified atom stereocenters. The summed E-state index contributed by atoms with van der Waals surface area (Å²) in [5, 5.41) is 3.97. The SMILES string of the molecule is O=C(N/N=C\c1cc(Br)cc(Br)c1OC(=O)c1ccccc1Br)c1ccncc1. The third-order valence-corrected chi connectivity index (χ3v) is 5.38. The van der Waals surface area contributed by atoms with Crippen molar-refractivity contribution in [2.24, 2.45) is 5.10 Å². The lowest BCUT2D eigenvalue weighted by Crippen LogP contribution is -2.17. The molecular weight excluding hydrogens is 570 g/mol. The largest absolute Gasteiger partial charge is 0.421 e. The molecule has 146 valence electrons. The first kappa shape index (κ1) is 21.4. The summed E-state index contributed by atoms with van der Waals surface area (Å²) in [6.45, 7) is 0. The number of benzene rings is 2. The molecule has 0 aliphatic carbocycles. The number of rotatable bonds is 5. The number of nitrogens with one attached hydrogen (secondary N) is 1. The number of esters is 1. The summed E-state index contributed by atoms with van der Waals surface area (Å²) in [6, 6.07) is 13.6. The number of pyridine rings is 1. The van der Waals surface area contributed by atoms with Gasteiger partial charge in [0.25, 0.3) is 5.91 Å². The molecular formula is C20H12Br3N3O3. The Morgan fingerprint density at radius 2 is 1.72 bits per heavy atom. The van der Waals surface area contributed by atoms with Crippen molar-refractivity contribution in [2.75, 3.05) is 0 Å². The molecule has 1 amide bonds. The Balaban J connectivity index is 1.83. The van der Waals surface area contributed by atoms with E-state index in [1.807, 2.05) is 0 Å². The van der Waals surface area contributed by atoms with Gasteiger partial charge in [0.05, 0.1) is 16.3 Å². The van der Waals surface area contributed by atoms with Crippen LogP contribution in [0.2, 0.25) is 0 Å². The minimum Gasteiger partial charge on any atom is -0.421 e. The van der Waals surface area contributed by atoms with Crippen LogP contribution in [0.25, 0.3) is 0 Å². The highest BCUT2D eigenvalue weighted by Gasteiger charge is 2.17. The summed E-state index contributed by atoms with van der Waals surface area (Å²) in [4.78, 5) is 28.5. The molecule has 0 bridgehead atoms. The van der Waals surface area contributed by atoms with Gasteiger partial charge in [-0.15, -0.1) is 0 Å². The summed E-state index contributed by atoms with van der Waals surface area (Å²) < 4.78 is 7.51. The van der Waals surface area contributed by atoms with Gasteiger partial charge in [-0.25, -0.2) is 10.2 Å². The topological polar surface area (TPSA) is 80.6 Å². The monoisotopic (exact) mass is 579 g/mol. The van der Waals surface area contributed by atoms with Gasteiger partial charge >= 0.3 is 5.97 Å². The van der Waals surface area contributed by atoms with Crippen LogP contribution < -0.4 is 10.2 Å². The van der Waals surface area contributed by atoms with Crippen LogP contribution in [0.5, 0.6) is 5.75 Å². The van der Waals surface area contributed by atoms with E-state index in [4.69, 9.17) is 4.74 Å². The molecule has 29 heavy (non-hydrogen) atoms. The zero-order valence-electron chi connectivity index (χ0n) is 14.6. The van der Waals surface area contributed by atoms with Crippen LogP contribution in [-0.2, 0) is 0 Å². The molecule has 1 aromatic heterocycles. The average Bonchev–Trinajstić information content (AvgIpc) is 2.71. The molecule has 3 rings (SSSR count). The van der Waals surface area contributed by atoms with Crippen LogP contribution in [0, 0.1) is 0 Å². The van der Waals surface area contributed by atoms with Gasteiger partial charge in [-0.05, 0) is 68.3 Å².